The molecule has 0 bridgehead atoms. The van der Waals surface area contributed by atoms with Crippen LogP contribution < -0.4 is 5.32 Å². The number of nitrogens with one attached hydrogen (secondary N) is 2. The van der Waals surface area contributed by atoms with Crippen molar-refractivity contribution in [1.82, 2.24) is 14.9 Å². The zero-order valence-corrected chi connectivity index (χ0v) is 21.7. The van der Waals surface area contributed by atoms with E-state index in [1.165, 1.54) is 49.9 Å². The molecule has 2 aromatic heterocycles. The Morgan fingerprint density at radius 3 is 2.18 bits per heavy atom. The highest BCUT2D eigenvalue weighted by Crippen LogP contribution is 2.45. The number of para-hydroxylation sites is 2. The van der Waals surface area contributed by atoms with Crippen LogP contribution in [0.15, 0.2) is 109 Å². The van der Waals surface area contributed by atoms with E-state index < -0.39 is 0 Å². The maximum atomic E-state index is 11.7. The van der Waals surface area contributed by atoms with Gasteiger partial charge in [-0.3, -0.25) is 4.79 Å². The van der Waals surface area contributed by atoms with Crippen molar-refractivity contribution >= 4 is 27.7 Å². The van der Waals surface area contributed by atoms with Crippen LogP contribution in [0.2, 0.25) is 0 Å². The second kappa shape index (κ2) is 10.1. The third-order valence-electron chi connectivity index (χ3n) is 7.50. The number of benzene rings is 4. The summed E-state index contributed by atoms with van der Waals surface area (Å²) in [6, 6.07) is 38.6. The summed E-state index contributed by atoms with van der Waals surface area (Å²) < 4.78 is 2.33. The number of carbonyl (C=O) groups excluding carboxylic acids is 1. The van der Waals surface area contributed by atoms with E-state index in [0.29, 0.717) is 6.54 Å². The summed E-state index contributed by atoms with van der Waals surface area (Å²) in [5.74, 6) is -0.0383. The minimum Gasteiger partial charge on any atom is -0.357 e. The number of H-pyrrole nitrogens is 1. The number of aromatic nitrogens is 2. The molecule has 0 radical (unpaired) electrons. The van der Waals surface area contributed by atoms with E-state index in [1.54, 1.807) is 6.92 Å². The number of aryl methyl sites for hydroxylation is 1. The number of rotatable bonds is 7. The molecular weight excluding hydrogens is 466 g/mol. The standard InChI is InChI=1S/C34H31N3O/c1-23(38)35-22-21-27-26-17-9-11-19-29(26)36-33(27)31(24-13-5-3-6-14-24)32-28-18-10-12-20-30(28)37(2)34(32)25-15-7-4-8-16-25/h3-20,31,36H,21-22H2,1-2H3,(H,35,38). The van der Waals surface area contributed by atoms with Gasteiger partial charge in [0.15, 0.2) is 0 Å². The van der Waals surface area contributed by atoms with E-state index >= 15 is 0 Å². The molecule has 2 heterocycles. The number of aromatic amines is 1. The summed E-state index contributed by atoms with van der Waals surface area (Å²) in [7, 11) is 2.17. The first-order valence-corrected chi connectivity index (χ1v) is 13.1. The average Bonchev–Trinajstić information content (AvgIpc) is 3.45. The molecule has 4 nitrogen and oxygen atoms in total. The second-order valence-corrected chi connectivity index (χ2v) is 9.84. The van der Waals surface area contributed by atoms with E-state index in [0.717, 1.165) is 11.9 Å². The van der Waals surface area contributed by atoms with Crippen LogP contribution in [0.1, 0.15) is 35.2 Å². The fraction of sp³-hybridized carbons (Fsp3) is 0.147. The zero-order chi connectivity index (χ0) is 26.1. The van der Waals surface area contributed by atoms with Gasteiger partial charge in [-0.2, -0.15) is 0 Å². The second-order valence-electron chi connectivity index (χ2n) is 9.84. The summed E-state index contributed by atoms with van der Waals surface area (Å²) in [6.45, 7) is 2.16. The Labute approximate surface area is 222 Å². The van der Waals surface area contributed by atoms with Crippen molar-refractivity contribution in [3.05, 3.63) is 132 Å². The molecule has 0 fully saturated rings. The molecule has 6 aromatic rings. The molecule has 0 aliphatic carbocycles. The summed E-state index contributed by atoms with van der Waals surface area (Å²) in [5, 5.41) is 5.46. The SMILES string of the molecule is CC(=O)NCCc1c(C(c2ccccc2)c2c(-c3ccccc3)n(C)c3ccccc23)[nH]c2ccccc12. The molecule has 1 atom stereocenters. The predicted molar refractivity (Wildman–Crippen MR) is 156 cm³/mol. The minimum atomic E-state index is -0.0303. The predicted octanol–water partition coefficient (Wildman–Crippen LogP) is 7.19. The normalized spacial score (nSPS) is 12.2. The third-order valence-corrected chi connectivity index (χ3v) is 7.50. The van der Waals surface area contributed by atoms with Crippen molar-refractivity contribution in [2.45, 2.75) is 19.3 Å². The van der Waals surface area contributed by atoms with Crippen LogP contribution in [0.3, 0.4) is 0 Å². The van der Waals surface area contributed by atoms with Crippen molar-refractivity contribution in [1.29, 1.82) is 0 Å². The van der Waals surface area contributed by atoms with Crippen molar-refractivity contribution in [2.75, 3.05) is 6.54 Å². The van der Waals surface area contributed by atoms with Gasteiger partial charge in [0.25, 0.3) is 0 Å². The Morgan fingerprint density at radius 1 is 0.816 bits per heavy atom. The molecule has 188 valence electrons. The molecule has 0 saturated heterocycles. The lowest BCUT2D eigenvalue weighted by atomic mass is 9.83. The molecule has 4 aromatic carbocycles. The lowest BCUT2D eigenvalue weighted by Crippen LogP contribution is -2.23. The average molecular weight is 498 g/mol. The van der Waals surface area contributed by atoms with Gasteiger partial charge in [0.2, 0.25) is 5.91 Å². The number of fused-ring (bicyclic) bond motifs is 2. The molecule has 38 heavy (non-hydrogen) atoms. The molecule has 1 unspecified atom stereocenters. The summed E-state index contributed by atoms with van der Waals surface area (Å²) in [6.07, 6.45) is 0.744. The monoisotopic (exact) mass is 497 g/mol. The minimum absolute atomic E-state index is 0.00795. The number of nitrogens with zero attached hydrogens (tertiary/aromatic N) is 1. The molecule has 1 amide bonds. The number of hydrogen-bond donors (Lipinski definition) is 2. The summed E-state index contributed by atoms with van der Waals surface area (Å²) >= 11 is 0. The van der Waals surface area contributed by atoms with Gasteiger partial charge in [-0.1, -0.05) is 97.1 Å². The Kier molecular flexibility index (Phi) is 6.30. The molecular formula is C34H31N3O. The maximum absolute atomic E-state index is 11.7. The fourth-order valence-electron chi connectivity index (χ4n) is 5.88. The van der Waals surface area contributed by atoms with Gasteiger partial charge in [-0.15, -0.1) is 0 Å². The lowest BCUT2D eigenvalue weighted by molar-refractivity contribution is -0.118. The fourth-order valence-corrected chi connectivity index (χ4v) is 5.88. The van der Waals surface area contributed by atoms with E-state index in [-0.39, 0.29) is 11.8 Å². The maximum Gasteiger partial charge on any atom is 0.216 e. The summed E-state index contributed by atoms with van der Waals surface area (Å²) in [4.78, 5) is 15.6. The van der Waals surface area contributed by atoms with Crippen LogP contribution >= 0.6 is 0 Å². The van der Waals surface area contributed by atoms with E-state index in [1.807, 2.05) is 0 Å². The Bertz CT molecular complexity index is 1730. The van der Waals surface area contributed by atoms with Crippen LogP contribution in [0.25, 0.3) is 33.1 Å². The van der Waals surface area contributed by atoms with Crippen LogP contribution in [0, 0.1) is 0 Å². The molecule has 2 N–H and O–H groups in total. The zero-order valence-electron chi connectivity index (χ0n) is 21.7. The molecule has 0 saturated carbocycles. The van der Waals surface area contributed by atoms with Gasteiger partial charge in [0.1, 0.15) is 0 Å². The van der Waals surface area contributed by atoms with E-state index in [4.69, 9.17) is 0 Å². The number of amides is 1. The highest BCUT2D eigenvalue weighted by atomic mass is 16.1. The van der Waals surface area contributed by atoms with E-state index in [2.05, 4.69) is 131 Å². The molecule has 0 aliphatic rings. The highest BCUT2D eigenvalue weighted by Gasteiger charge is 2.30. The molecule has 6 rings (SSSR count). The largest absolute Gasteiger partial charge is 0.357 e. The van der Waals surface area contributed by atoms with Crippen molar-refractivity contribution in [3.63, 3.8) is 0 Å². The lowest BCUT2D eigenvalue weighted by Gasteiger charge is -2.21. The first-order chi connectivity index (χ1) is 18.6. The topological polar surface area (TPSA) is 49.8 Å². The van der Waals surface area contributed by atoms with Crippen LogP contribution in [0.5, 0.6) is 0 Å². The van der Waals surface area contributed by atoms with Crippen molar-refractivity contribution < 1.29 is 4.79 Å². The smallest absolute Gasteiger partial charge is 0.216 e. The van der Waals surface area contributed by atoms with Crippen LogP contribution in [-0.4, -0.2) is 22.0 Å². The van der Waals surface area contributed by atoms with Crippen molar-refractivity contribution in [2.24, 2.45) is 7.05 Å². The Morgan fingerprint density at radius 2 is 1.45 bits per heavy atom. The third kappa shape index (κ3) is 4.18. The number of hydrogen-bond acceptors (Lipinski definition) is 1. The first-order valence-electron chi connectivity index (χ1n) is 13.1. The summed E-state index contributed by atoms with van der Waals surface area (Å²) in [5.41, 5.74) is 9.67. The molecule has 0 aliphatic heterocycles. The van der Waals surface area contributed by atoms with Gasteiger partial charge in [-0.25, -0.2) is 0 Å². The van der Waals surface area contributed by atoms with Gasteiger partial charge in [0, 0.05) is 48.0 Å². The van der Waals surface area contributed by atoms with Gasteiger partial charge in [0.05, 0.1) is 11.6 Å². The quantitative estimate of drug-likeness (QED) is 0.241. The van der Waals surface area contributed by atoms with Crippen molar-refractivity contribution in [3.8, 4) is 11.3 Å². The van der Waals surface area contributed by atoms with Crippen LogP contribution in [-0.2, 0) is 18.3 Å². The first kappa shape index (κ1) is 23.8. The Balaban J connectivity index is 1.68. The number of carbonyl (C=O) groups is 1. The van der Waals surface area contributed by atoms with Gasteiger partial charge in [-0.05, 0) is 40.8 Å². The van der Waals surface area contributed by atoms with Gasteiger partial charge >= 0.3 is 0 Å². The van der Waals surface area contributed by atoms with Gasteiger partial charge < -0.3 is 14.9 Å². The highest BCUT2D eigenvalue weighted by molar-refractivity contribution is 5.94. The molecule has 0 spiro atoms. The molecule has 4 heteroatoms. The van der Waals surface area contributed by atoms with E-state index in [9.17, 15) is 4.79 Å². The van der Waals surface area contributed by atoms with Crippen LogP contribution in [0.4, 0.5) is 0 Å². The Hall–Kier alpha value is -4.57.